The van der Waals surface area contributed by atoms with Crippen molar-refractivity contribution in [3.63, 3.8) is 0 Å². The molecule has 0 aliphatic rings. The summed E-state index contributed by atoms with van der Waals surface area (Å²) in [4.78, 5) is 15.5. The van der Waals surface area contributed by atoms with Crippen LogP contribution < -0.4 is 4.74 Å². The molecule has 106 valence electrons. The lowest BCUT2D eigenvalue weighted by molar-refractivity contribution is -0.147. The van der Waals surface area contributed by atoms with Crippen LogP contribution >= 0.6 is 0 Å². The fraction of sp³-hybridized carbons (Fsp3) is 0.417. The average Bonchev–Trinajstić information content (AvgIpc) is 2.95. The van der Waals surface area contributed by atoms with Gasteiger partial charge in [0.15, 0.2) is 11.4 Å². The molecule has 0 aliphatic carbocycles. The minimum Gasteiger partial charge on any atom is -0.494 e. The SMILES string of the molecule is CCC(C)(C(=O)O)n1nnnc1-c1ccncc1OC. The smallest absolute Gasteiger partial charge is 0.331 e. The predicted octanol–water partition coefficient (Wildman–Crippen LogP) is 0.954. The van der Waals surface area contributed by atoms with Crippen LogP contribution in [0.2, 0.25) is 0 Å². The number of rotatable bonds is 5. The van der Waals surface area contributed by atoms with E-state index in [0.29, 0.717) is 23.6 Å². The van der Waals surface area contributed by atoms with Crippen LogP contribution in [0.15, 0.2) is 18.5 Å². The molecule has 20 heavy (non-hydrogen) atoms. The van der Waals surface area contributed by atoms with Gasteiger partial charge in [-0.3, -0.25) is 4.98 Å². The quantitative estimate of drug-likeness (QED) is 0.867. The van der Waals surface area contributed by atoms with Crippen molar-refractivity contribution < 1.29 is 14.6 Å². The number of ether oxygens (including phenoxy) is 1. The molecule has 1 atom stereocenters. The second-order valence-electron chi connectivity index (χ2n) is 4.42. The second kappa shape index (κ2) is 5.24. The van der Waals surface area contributed by atoms with Gasteiger partial charge in [-0.1, -0.05) is 6.92 Å². The zero-order valence-electron chi connectivity index (χ0n) is 11.4. The lowest BCUT2D eigenvalue weighted by Gasteiger charge is -2.24. The highest BCUT2D eigenvalue weighted by Gasteiger charge is 2.37. The first-order valence-electron chi connectivity index (χ1n) is 6.05. The Balaban J connectivity index is 2.62. The van der Waals surface area contributed by atoms with Gasteiger partial charge in [0.05, 0.1) is 18.9 Å². The summed E-state index contributed by atoms with van der Waals surface area (Å²) in [6, 6.07) is 1.68. The molecular formula is C12H15N5O3. The zero-order valence-corrected chi connectivity index (χ0v) is 11.4. The summed E-state index contributed by atoms with van der Waals surface area (Å²) < 4.78 is 6.51. The summed E-state index contributed by atoms with van der Waals surface area (Å²) in [5, 5.41) is 20.8. The van der Waals surface area contributed by atoms with Gasteiger partial charge in [-0.2, -0.15) is 0 Å². The normalized spacial score (nSPS) is 13.8. The first kappa shape index (κ1) is 13.9. The van der Waals surface area contributed by atoms with Gasteiger partial charge in [0.1, 0.15) is 5.75 Å². The van der Waals surface area contributed by atoms with Crippen LogP contribution in [0.5, 0.6) is 5.75 Å². The highest BCUT2D eigenvalue weighted by Crippen LogP contribution is 2.31. The molecule has 2 rings (SSSR count). The molecule has 8 heteroatoms. The van der Waals surface area contributed by atoms with Gasteiger partial charge in [-0.25, -0.2) is 9.48 Å². The van der Waals surface area contributed by atoms with E-state index in [-0.39, 0.29) is 0 Å². The molecule has 2 aromatic rings. The minimum absolute atomic E-state index is 0.330. The van der Waals surface area contributed by atoms with Crippen molar-refractivity contribution in [3.05, 3.63) is 18.5 Å². The van der Waals surface area contributed by atoms with Gasteiger partial charge in [-0.15, -0.1) is 5.10 Å². The standard InChI is InChI=1S/C12H15N5O3/c1-4-12(2,11(18)19)17-10(14-15-16-17)8-5-6-13-7-9(8)20-3/h5-7H,4H2,1-3H3,(H,18,19). The molecule has 2 aromatic heterocycles. The molecule has 0 spiro atoms. The fourth-order valence-corrected chi connectivity index (χ4v) is 1.81. The van der Waals surface area contributed by atoms with Crippen molar-refractivity contribution in [1.82, 2.24) is 25.2 Å². The Morgan fingerprint density at radius 2 is 2.30 bits per heavy atom. The number of hydrogen-bond donors (Lipinski definition) is 1. The largest absolute Gasteiger partial charge is 0.494 e. The Morgan fingerprint density at radius 1 is 1.55 bits per heavy atom. The van der Waals surface area contributed by atoms with Crippen LogP contribution in [-0.2, 0) is 10.3 Å². The minimum atomic E-state index is -1.23. The van der Waals surface area contributed by atoms with E-state index < -0.39 is 11.5 Å². The van der Waals surface area contributed by atoms with E-state index in [4.69, 9.17) is 4.74 Å². The number of carbonyl (C=O) groups is 1. The maximum atomic E-state index is 11.5. The molecule has 0 radical (unpaired) electrons. The number of hydrogen-bond acceptors (Lipinski definition) is 6. The number of tetrazole rings is 1. The van der Waals surface area contributed by atoms with Crippen LogP contribution in [0.4, 0.5) is 0 Å². The van der Waals surface area contributed by atoms with Gasteiger partial charge in [0.25, 0.3) is 0 Å². The Hall–Kier alpha value is -2.51. The van der Waals surface area contributed by atoms with Gasteiger partial charge < -0.3 is 9.84 Å². The topological polar surface area (TPSA) is 103 Å². The highest BCUT2D eigenvalue weighted by atomic mass is 16.5. The molecule has 1 N–H and O–H groups in total. The molecule has 0 saturated heterocycles. The second-order valence-corrected chi connectivity index (χ2v) is 4.42. The molecule has 0 aliphatic heterocycles. The maximum absolute atomic E-state index is 11.5. The van der Waals surface area contributed by atoms with Gasteiger partial charge in [0.2, 0.25) is 0 Å². The van der Waals surface area contributed by atoms with E-state index >= 15 is 0 Å². The lowest BCUT2D eigenvalue weighted by Crippen LogP contribution is -2.39. The Labute approximate surface area is 115 Å². The van der Waals surface area contributed by atoms with Crippen LogP contribution in [0.3, 0.4) is 0 Å². The van der Waals surface area contributed by atoms with Crippen molar-refractivity contribution >= 4 is 5.97 Å². The molecule has 0 amide bonds. The highest BCUT2D eigenvalue weighted by molar-refractivity contribution is 5.77. The summed E-state index contributed by atoms with van der Waals surface area (Å²) >= 11 is 0. The van der Waals surface area contributed by atoms with E-state index in [2.05, 4.69) is 20.5 Å². The van der Waals surface area contributed by atoms with Crippen molar-refractivity contribution in [2.24, 2.45) is 0 Å². The van der Waals surface area contributed by atoms with E-state index in [9.17, 15) is 9.90 Å². The monoisotopic (exact) mass is 277 g/mol. The van der Waals surface area contributed by atoms with Crippen molar-refractivity contribution in [2.75, 3.05) is 7.11 Å². The Morgan fingerprint density at radius 3 is 2.90 bits per heavy atom. The van der Waals surface area contributed by atoms with Crippen molar-refractivity contribution in [1.29, 1.82) is 0 Å². The van der Waals surface area contributed by atoms with Crippen LogP contribution in [-0.4, -0.2) is 43.4 Å². The summed E-state index contributed by atoms with van der Waals surface area (Å²) in [6.07, 6.45) is 3.44. The molecule has 0 fully saturated rings. The first-order chi connectivity index (χ1) is 9.54. The van der Waals surface area contributed by atoms with Crippen LogP contribution in [0, 0.1) is 0 Å². The van der Waals surface area contributed by atoms with Crippen molar-refractivity contribution in [2.45, 2.75) is 25.8 Å². The van der Waals surface area contributed by atoms with E-state index in [1.807, 2.05) is 0 Å². The summed E-state index contributed by atoms with van der Waals surface area (Å²) in [6.45, 7) is 3.34. The third kappa shape index (κ3) is 2.09. The number of carboxylic acids is 1. The zero-order chi connectivity index (χ0) is 14.8. The number of carboxylic acid groups (broad SMARTS) is 1. The van der Waals surface area contributed by atoms with Crippen LogP contribution in [0.1, 0.15) is 20.3 Å². The number of nitrogens with zero attached hydrogens (tertiary/aromatic N) is 5. The fourth-order valence-electron chi connectivity index (χ4n) is 1.81. The summed E-state index contributed by atoms with van der Waals surface area (Å²) in [5.41, 5.74) is -0.638. The third-order valence-corrected chi connectivity index (χ3v) is 3.33. The lowest BCUT2D eigenvalue weighted by atomic mass is 9.99. The van der Waals surface area contributed by atoms with E-state index in [0.717, 1.165) is 0 Å². The molecule has 8 nitrogen and oxygen atoms in total. The number of aromatic nitrogens is 5. The Kier molecular flexibility index (Phi) is 3.64. The molecule has 0 saturated carbocycles. The van der Waals surface area contributed by atoms with E-state index in [1.165, 1.54) is 18.0 Å². The predicted molar refractivity (Wildman–Crippen MR) is 69.2 cm³/mol. The molecular weight excluding hydrogens is 262 g/mol. The number of aliphatic carboxylic acids is 1. The molecule has 0 bridgehead atoms. The molecule has 0 aromatic carbocycles. The van der Waals surface area contributed by atoms with Gasteiger partial charge >= 0.3 is 5.97 Å². The van der Waals surface area contributed by atoms with Gasteiger partial charge in [-0.05, 0) is 29.8 Å². The van der Waals surface area contributed by atoms with Crippen molar-refractivity contribution in [3.8, 4) is 17.1 Å². The third-order valence-electron chi connectivity index (χ3n) is 3.33. The number of pyridine rings is 1. The van der Waals surface area contributed by atoms with E-state index in [1.54, 1.807) is 26.1 Å². The summed E-state index contributed by atoms with van der Waals surface area (Å²) in [7, 11) is 1.50. The first-order valence-corrected chi connectivity index (χ1v) is 6.05. The Bertz CT molecular complexity index is 627. The maximum Gasteiger partial charge on any atom is 0.331 e. The molecule has 1 unspecified atom stereocenters. The summed E-state index contributed by atoms with van der Waals surface area (Å²) in [5.74, 6) is -0.190. The van der Waals surface area contributed by atoms with Crippen LogP contribution in [0.25, 0.3) is 11.4 Å². The van der Waals surface area contributed by atoms with Gasteiger partial charge in [0, 0.05) is 6.20 Å². The molecule has 2 heterocycles. The number of methoxy groups -OCH3 is 1. The average molecular weight is 277 g/mol.